The highest BCUT2D eigenvalue weighted by atomic mass is 35.5. The van der Waals surface area contributed by atoms with Crippen LogP contribution in [-0.4, -0.2) is 11.0 Å². The maximum absolute atomic E-state index is 5.82. The predicted molar refractivity (Wildman–Crippen MR) is 71.1 cm³/mol. The van der Waals surface area contributed by atoms with Crippen LogP contribution in [0, 0.1) is 0 Å². The van der Waals surface area contributed by atoms with Gasteiger partial charge in [-0.1, -0.05) is 50.3 Å². The van der Waals surface area contributed by atoms with E-state index < -0.39 is 0 Å². The Labute approximate surface area is 103 Å². The number of aromatic nitrogens is 1. The second kappa shape index (κ2) is 7.50. The molecule has 0 spiro atoms. The monoisotopic (exact) mass is 240 g/mol. The van der Waals surface area contributed by atoms with Gasteiger partial charge in [-0.3, -0.25) is 0 Å². The molecule has 2 nitrogen and oxygen atoms in total. The van der Waals surface area contributed by atoms with Crippen molar-refractivity contribution in [2.24, 2.45) is 0 Å². The average Bonchev–Trinajstić information content (AvgIpc) is 2.24. The smallest absolute Gasteiger partial charge is 0.131 e. The highest BCUT2D eigenvalue weighted by Crippen LogP contribution is 2.13. The molecule has 0 aromatic carbocycles. The Kier molecular flexibility index (Phi) is 6.24. The molecule has 90 valence electrons. The molecule has 0 amide bonds. The van der Waals surface area contributed by atoms with Crippen molar-refractivity contribution in [1.82, 2.24) is 4.98 Å². The summed E-state index contributed by atoms with van der Waals surface area (Å²) < 4.78 is 0. The third-order valence-corrected chi connectivity index (χ3v) is 2.81. The summed E-state index contributed by atoms with van der Waals surface area (Å²) in [5.41, 5.74) is 0. The highest BCUT2D eigenvalue weighted by Gasteiger charge is 2.02. The number of halogens is 1. The molecule has 1 unspecified atom stereocenters. The maximum Gasteiger partial charge on any atom is 0.131 e. The standard InChI is InChI=1S/C13H21ClN2/c1-3-4-5-6-8-11(2)15-13-10-7-9-12(14)16-13/h7,9-11H,3-6,8H2,1-2H3,(H,15,16). The van der Waals surface area contributed by atoms with E-state index in [0.29, 0.717) is 11.2 Å². The van der Waals surface area contributed by atoms with Crippen molar-refractivity contribution in [3.63, 3.8) is 0 Å². The number of pyridine rings is 1. The van der Waals surface area contributed by atoms with Gasteiger partial charge in [-0.05, 0) is 25.5 Å². The third kappa shape index (κ3) is 5.36. The van der Waals surface area contributed by atoms with Crippen LogP contribution in [0.15, 0.2) is 18.2 Å². The summed E-state index contributed by atoms with van der Waals surface area (Å²) in [5.74, 6) is 0.871. The Balaban J connectivity index is 2.25. The number of nitrogens with one attached hydrogen (secondary N) is 1. The van der Waals surface area contributed by atoms with Gasteiger partial charge in [0.1, 0.15) is 11.0 Å². The maximum atomic E-state index is 5.82. The number of rotatable bonds is 7. The van der Waals surface area contributed by atoms with Crippen LogP contribution in [0.4, 0.5) is 5.82 Å². The number of unbranched alkanes of at least 4 members (excludes halogenated alkanes) is 3. The minimum Gasteiger partial charge on any atom is -0.368 e. The zero-order chi connectivity index (χ0) is 11.8. The lowest BCUT2D eigenvalue weighted by atomic mass is 10.1. The fourth-order valence-electron chi connectivity index (χ4n) is 1.69. The van der Waals surface area contributed by atoms with E-state index in [4.69, 9.17) is 11.6 Å². The largest absolute Gasteiger partial charge is 0.368 e. The molecule has 1 heterocycles. The number of hydrogen-bond donors (Lipinski definition) is 1. The van der Waals surface area contributed by atoms with Crippen LogP contribution in [0.2, 0.25) is 5.15 Å². The summed E-state index contributed by atoms with van der Waals surface area (Å²) in [4.78, 5) is 4.21. The number of anilines is 1. The summed E-state index contributed by atoms with van der Waals surface area (Å²) in [6, 6.07) is 6.12. The Morgan fingerprint density at radius 1 is 1.31 bits per heavy atom. The van der Waals surface area contributed by atoms with Gasteiger partial charge in [-0.15, -0.1) is 0 Å². The first-order valence-corrected chi connectivity index (χ1v) is 6.49. The molecule has 1 aromatic rings. The van der Waals surface area contributed by atoms with Crippen LogP contribution in [0.1, 0.15) is 46.0 Å². The molecule has 0 radical (unpaired) electrons. The van der Waals surface area contributed by atoms with Gasteiger partial charge in [0.25, 0.3) is 0 Å². The van der Waals surface area contributed by atoms with Crippen LogP contribution in [0.3, 0.4) is 0 Å². The van der Waals surface area contributed by atoms with Gasteiger partial charge in [-0.25, -0.2) is 4.98 Å². The molecule has 0 aliphatic heterocycles. The van der Waals surface area contributed by atoms with Crippen LogP contribution in [-0.2, 0) is 0 Å². The molecular formula is C13H21ClN2. The summed E-state index contributed by atoms with van der Waals surface area (Å²) in [5, 5.41) is 3.91. The van der Waals surface area contributed by atoms with Crippen LogP contribution >= 0.6 is 11.6 Å². The summed E-state index contributed by atoms with van der Waals surface area (Å²) in [6.45, 7) is 4.42. The SMILES string of the molecule is CCCCCCC(C)Nc1cccc(Cl)n1. The quantitative estimate of drug-likeness (QED) is 0.561. The predicted octanol–water partition coefficient (Wildman–Crippen LogP) is 4.51. The Hall–Kier alpha value is -0.760. The molecule has 1 aromatic heterocycles. The summed E-state index contributed by atoms with van der Waals surface area (Å²) >= 11 is 5.82. The van der Waals surface area contributed by atoms with E-state index in [2.05, 4.69) is 24.1 Å². The molecule has 1 rings (SSSR count). The van der Waals surface area contributed by atoms with Gasteiger partial charge < -0.3 is 5.32 Å². The fourth-order valence-corrected chi connectivity index (χ4v) is 1.85. The zero-order valence-corrected chi connectivity index (χ0v) is 10.9. The van der Waals surface area contributed by atoms with Crippen molar-refractivity contribution in [3.05, 3.63) is 23.4 Å². The molecule has 0 fully saturated rings. The molecule has 0 aliphatic rings. The topological polar surface area (TPSA) is 24.9 Å². The number of hydrogen-bond acceptors (Lipinski definition) is 2. The Morgan fingerprint density at radius 2 is 2.12 bits per heavy atom. The van der Waals surface area contributed by atoms with Gasteiger partial charge in [-0.2, -0.15) is 0 Å². The minimum atomic E-state index is 0.461. The Morgan fingerprint density at radius 3 is 2.81 bits per heavy atom. The van der Waals surface area contributed by atoms with Crippen molar-refractivity contribution in [3.8, 4) is 0 Å². The van der Waals surface area contributed by atoms with Gasteiger partial charge in [0.05, 0.1) is 0 Å². The second-order valence-electron chi connectivity index (χ2n) is 4.24. The van der Waals surface area contributed by atoms with Gasteiger partial charge in [0.15, 0.2) is 0 Å². The molecule has 3 heteroatoms. The van der Waals surface area contributed by atoms with E-state index in [1.165, 1.54) is 32.1 Å². The number of nitrogens with zero attached hydrogens (tertiary/aromatic N) is 1. The van der Waals surface area contributed by atoms with E-state index >= 15 is 0 Å². The second-order valence-corrected chi connectivity index (χ2v) is 4.63. The molecule has 0 bridgehead atoms. The van der Waals surface area contributed by atoms with Crippen molar-refractivity contribution in [2.45, 2.75) is 52.0 Å². The van der Waals surface area contributed by atoms with E-state index in [9.17, 15) is 0 Å². The van der Waals surface area contributed by atoms with E-state index in [-0.39, 0.29) is 0 Å². The lowest BCUT2D eigenvalue weighted by Gasteiger charge is -2.14. The van der Waals surface area contributed by atoms with E-state index in [1.807, 2.05) is 12.1 Å². The zero-order valence-electron chi connectivity index (χ0n) is 10.2. The summed E-state index contributed by atoms with van der Waals surface area (Å²) in [6.07, 6.45) is 6.42. The van der Waals surface area contributed by atoms with Crippen molar-refractivity contribution in [2.75, 3.05) is 5.32 Å². The first-order valence-electron chi connectivity index (χ1n) is 6.11. The molecule has 0 saturated heterocycles. The molecule has 0 aliphatic carbocycles. The molecule has 16 heavy (non-hydrogen) atoms. The van der Waals surface area contributed by atoms with Crippen molar-refractivity contribution >= 4 is 17.4 Å². The molecular weight excluding hydrogens is 220 g/mol. The van der Waals surface area contributed by atoms with Gasteiger partial charge in [0.2, 0.25) is 0 Å². The highest BCUT2D eigenvalue weighted by molar-refractivity contribution is 6.29. The molecule has 1 N–H and O–H groups in total. The lowest BCUT2D eigenvalue weighted by Crippen LogP contribution is -2.15. The first-order chi connectivity index (χ1) is 7.72. The van der Waals surface area contributed by atoms with Crippen LogP contribution in [0.5, 0.6) is 0 Å². The van der Waals surface area contributed by atoms with Crippen molar-refractivity contribution < 1.29 is 0 Å². The van der Waals surface area contributed by atoms with Crippen LogP contribution in [0.25, 0.3) is 0 Å². The Bertz CT molecular complexity index is 302. The third-order valence-electron chi connectivity index (χ3n) is 2.60. The van der Waals surface area contributed by atoms with E-state index in [1.54, 1.807) is 6.07 Å². The first kappa shape index (κ1) is 13.3. The van der Waals surface area contributed by atoms with E-state index in [0.717, 1.165) is 5.82 Å². The molecule has 1 atom stereocenters. The normalized spacial score (nSPS) is 12.4. The molecule has 0 saturated carbocycles. The minimum absolute atomic E-state index is 0.461. The van der Waals surface area contributed by atoms with Crippen LogP contribution < -0.4 is 5.32 Å². The van der Waals surface area contributed by atoms with Gasteiger partial charge in [0, 0.05) is 6.04 Å². The van der Waals surface area contributed by atoms with Crippen molar-refractivity contribution in [1.29, 1.82) is 0 Å². The average molecular weight is 241 g/mol. The fraction of sp³-hybridized carbons (Fsp3) is 0.615. The lowest BCUT2D eigenvalue weighted by molar-refractivity contribution is 0.593. The van der Waals surface area contributed by atoms with Gasteiger partial charge >= 0.3 is 0 Å². The summed E-state index contributed by atoms with van der Waals surface area (Å²) in [7, 11) is 0.